The van der Waals surface area contributed by atoms with Crippen LogP contribution in [0.2, 0.25) is 0 Å². The predicted octanol–water partition coefficient (Wildman–Crippen LogP) is 2.53. The number of alkyl halides is 1. The second-order valence-electron chi connectivity index (χ2n) is 3.87. The molecular weight excluding hydrogens is 258 g/mol. The van der Waals surface area contributed by atoms with Crippen LogP contribution in [-0.4, -0.2) is 29.2 Å². The summed E-state index contributed by atoms with van der Waals surface area (Å²) >= 11 is 3.48. The van der Waals surface area contributed by atoms with E-state index < -0.39 is 0 Å². The number of carbonyl (C=O) groups excluding carboxylic acids is 1. The molecule has 4 heteroatoms. The Morgan fingerprint density at radius 1 is 1.53 bits per heavy atom. The molecular formula is C11H14BrNO2. The molecule has 0 N–H and O–H groups in total. The van der Waals surface area contributed by atoms with Gasteiger partial charge < -0.3 is 9.32 Å². The molecule has 0 bridgehead atoms. The molecule has 0 atom stereocenters. The first-order chi connectivity index (χ1) is 7.31. The quantitative estimate of drug-likeness (QED) is 0.775. The van der Waals surface area contributed by atoms with Gasteiger partial charge in [0, 0.05) is 18.4 Å². The van der Waals surface area contributed by atoms with E-state index in [0.29, 0.717) is 11.7 Å². The largest absolute Gasteiger partial charge is 0.459 e. The van der Waals surface area contributed by atoms with Crippen LogP contribution in [-0.2, 0) is 0 Å². The summed E-state index contributed by atoms with van der Waals surface area (Å²) in [6.07, 6.45) is 3.70. The topological polar surface area (TPSA) is 33.5 Å². The van der Waals surface area contributed by atoms with E-state index in [4.69, 9.17) is 4.42 Å². The monoisotopic (exact) mass is 271 g/mol. The van der Waals surface area contributed by atoms with E-state index in [1.54, 1.807) is 18.4 Å². The summed E-state index contributed by atoms with van der Waals surface area (Å²) < 4.78 is 5.10. The zero-order valence-electron chi connectivity index (χ0n) is 8.49. The molecule has 1 saturated heterocycles. The van der Waals surface area contributed by atoms with Gasteiger partial charge in [0.1, 0.15) is 0 Å². The van der Waals surface area contributed by atoms with Gasteiger partial charge >= 0.3 is 0 Å². The van der Waals surface area contributed by atoms with Crippen LogP contribution >= 0.6 is 15.9 Å². The Kier molecular flexibility index (Phi) is 3.46. The first-order valence-electron chi connectivity index (χ1n) is 5.20. The van der Waals surface area contributed by atoms with Crippen molar-refractivity contribution in [2.75, 3.05) is 18.4 Å². The highest BCUT2D eigenvalue weighted by Crippen LogP contribution is 2.20. The second kappa shape index (κ2) is 4.84. The van der Waals surface area contributed by atoms with Gasteiger partial charge in [0.2, 0.25) is 0 Å². The average molecular weight is 272 g/mol. The Morgan fingerprint density at radius 2 is 2.27 bits per heavy atom. The Hall–Kier alpha value is -0.770. The lowest BCUT2D eigenvalue weighted by atomic mass is 9.99. The van der Waals surface area contributed by atoms with E-state index in [-0.39, 0.29) is 5.91 Å². The summed E-state index contributed by atoms with van der Waals surface area (Å²) in [6, 6.07) is 3.47. The predicted molar refractivity (Wildman–Crippen MR) is 61.1 cm³/mol. The van der Waals surface area contributed by atoms with E-state index >= 15 is 0 Å². The Bertz CT molecular complexity index is 315. The minimum Gasteiger partial charge on any atom is -0.459 e. The van der Waals surface area contributed by atoms with Gasteiger partial charge in [-0.05, 0) is 30.9 Å². The van der Waals surface area contributed by atoms with E-state index in [9.17, 15) is 4.79 Å². The van der Waals surface area contributed by atoms with Crippen molar-refractivity contribution < 1.29 is 9.21 Å². The van der Waals surface area contributed by atoms with Crippen molar-refractivity contribution in [1.82, 2.24) is 4.90 Å². The number of carbonyl (C=O) groups is 1. The van der Waals surface area contributed by atoms with Crippen LogP contribution < -0.4 is 0 Å². The van der Waals surface area contributed by atoms with Gasteiger partial charge in [-0.25, -0.2) is 0 Å². The normalized spacial score (nSPS) is 18.1. The molecule has 0 unspecified atom stereocenters. The van der Waals surface area contributed by atoms with Crippen molar-refractivity contribution in [3.63, 3.8) is 0 Å². The van der Waals surface area contributed by atoms with Crippen molar-refractivity contribution in [2.24, 2.45) is 5.92 Å². The highest BCUT2D eigenvalue weighted by Gasteiger charge is 2.24. The summed E-state index contributed by atoms with van der Waals surface area (Å²) in [5.41, 5.74) is 0. The average Bonchev–Trinajstić information content (AvgIpc) is 2.82. The molecule has 1 aromatic rings. The smallest absolute Gasteiger partial charge is 0.289 e. The lowest BCUT2D eigenvalue weighted by Crippen LogP contribution is -2.38. The lowest BCUT2D eigenvalue weighted by molar-refractivity contribution is 0.0667. The minimum atomic E-state index is 0.0213. The number of furan rings is 1. The van der Waals surface area contributed by atoms with Crippen LogP contribution in [0.1, 0.15) is 23.4 Å². The third kappa shape index (κ3) is 2.43. The van der Waals surface area contributed by atoms with E-state index in [0.717, 1.165) is 31.3 Å². The molecule has 1 fully saturated rings. The molecule has 2 rings (SSSR count). The summed E-state index contributed by atoms with van der Waals surface area (Å²) in [5, 5.41) is 1.04. The molecule has 2 heterocycles. The van der Waals surface area contributed by atoms with Crippen LogP contribution in [0.4, 0.5) is 0 Å². The third-order valence-electron chi connectivity index (χ3n) is 2.85. The number of rotatable bonds is 2. The van der Waals surface area contributed by atoms with Crippen molar-refractivity contribution in [3.05, 3.63) is 24.2 Å². The van der Waals surface area contributed by atoms with Gasteiger partial charge in [0.05, 0.1) is 6.26 Å². The van der Waals surface area contributed by atoms with Gasteiger partial charge in [0.25, 0.3) is 5.91 Å². The zero-order valence-corrected chi connectivity index (χ0v) is 10.1. The Morgan fingerprint density at radius 3 is 2.80 bits per heavy atom. The molecule has 1 amide bonds. The summed E-state index contributed by atoms with van der Waals surface area (Å²) in [5.74, 6) is 1.19. The van der Waals surface area contributed by atoms with Gasteiger partial charge in [0.15, 0.2) is 5.76 Å². The molecule has 0 saturated carbocycles. The van der Waals surface area contributed by atoms with Crippen molar-refractivity contribution in [2.45, 2.75) is 12.8 Å². The number of hydrogen-bond donors (Lipinski definition) is 0. The van der Waals surface area contributed by atoms with Crippen molar-refractivity contribution in [1.29, 1.82) is 0 Å². The molecule has 3 nitrogen and oxygen atoms in total. The lowest BCUT2D eigenvalue weighted by Gasteiger charge is -2.30. The van der Waals surface area contributed by atoms with E-state index in [1.165, 1.54) is 0 Å². The molecule has 0 aromatic carbocycles. The molecule has 15 heavy (non-hydrogen) atoms. The molecule has 0 radical (unpaired) electrons. The van der Waals surface area contributed by atoms with Crippen LogP contribution in [0.5, 0.6) is 0 Å². The van der Waals surface area contributed by atoms with E-state index in [1.807, 2.05) is 4.90 Å². The zero-order chi connectivity index (χ0) is 10.7. The molecule has 0 spiro atoms. The molecule has 0 aliphatic carbocycles. The molecule has 1 aliphatic heterocycles. The summed E-state index contributed by atoms with van der Waals surface area (Å²) in [4.78, 5) is 13.7. The Labute approximate surface area is 97.6 Å². The van der Waals surface area contributed by atoms with Gasteiger partial charge in [-0.3, -0.25) is 4.79 Å². The van der Waals surface area contributed by atoms with Crippen LogP contribution in [0.15, 0.2) is 22.8 Å². The molecule has 82 valence electrons. The fourth-order valence-corrected chi connectivity index (χ4v) is 2.49. The van der Waals surface area contributed by atoms with Crippen LogP contribution in [0.3, 0.4) is 0 Å². The summed E-state index contributed by atoms with van der Waals surface area (Å²) in [7, 11) is 0. The number of hydrogen-bond acceptors (Lipinski definition) is 2. The summed E-state index contributed by atoms with van der Waals surface area (Å²) in [6.45, 7) is 1.69. The van der Waals surface area contributed by atoms with Gasteiger partial charge in [-0.15, -0.1) is 0 Å². The Balaban J connectivity index is 1.93. The van der Waals surface area contributed by atoms with Crippen LogP contribution in [0, 0.1) is 5.92 Å². The SMILES string of the molecule is O=C(c1ccco1)N1CCC(CBr)CC1. The maximum Gasteiger partial charge on any atom is 0.289 e. The third-order valence-corrected chi connectivity index (χ3v) is 3.77. The first-order valence-corrected chi connectivity index (χ1v) is 6.32. The maximum atomic E-state index is 11.9. The number of piperidine rings is 1. The van der Waals surface area contributed by atoms with Gasteiger partial charge in [-0.2, -0.15) is 0 Å². The minimum absolute atomic E-state index is 0.0213. The van der Waals surface area contributed by atoms with Crippen molar-refractivity contribution in [3.8, 4) is 0 Å². The number of nitrogens with zero attached hydrogens (tertiary/aromatic N) is 1. The maximum absolute atomic E-state index is 11.9. The fourth-order valence-electron chi connectivity index (χ4n) is 1.85. The number of halogens is 1. The first kappa shape index (κ1) is 10.7. The highest BCUT2D eigenvalue weighted by atomic mass is 79.9. The van der Waals surface area contributed by atoms with Gasteiger partial charge in [-0.1, -0.05) is 15.9 Å². The molecule has 1 aliphatic rings. The van der Waals surface area contributed by atoms with E-state index in [2.05, 4.69) is 15.9 Å². The molecule has 1 aromatic heterocycles. The highest BCUT2D eigenvalue weighted by molar-refractivity contribution is 9.09. The van der Waals surface area contributed by atoms with Crippen LogP contribution in [0.25, 0.3) is 0 Å². The second-order valence-corrected chi connectivity index (χ2v) is 4.51. The number of amides is 1. The van der Waals surface area contributed by atoms with Crippen molar-refractivity contribution >= 4 is 21.8 Å². The standard InChI is InChI=1S/C11H14BrNO2/c12-8-9-3-5-13(6-4-9)11(14)10-2-1-7-15-10/h1-2,7,9H,3-6,8H2. The number of likely N-dealkylation sites (tertiary alicyclic amines) is 1. The fraction of sp³-hybridized carbons (Fsp3) is 0.545.